The number of halogens is 3. The zero-order valence-electron chi connectivity index (χ0n) is 13.1. The molecule has 0 unspecified atom stereocenters. The van der Waals surface area contributed by atoms with E-state index >= 15 is 0 Å². The second kappa shape index (κ2) is 5.84. The van der Waals surface area contributed by atoms with Crippen LogP contribution in [0.1, 0.15) is 15.9 Å². The Morgan fingerprint density at radius 3 is 2.42 bits per heavy atom. The van der Waals surface area contributed by atoms with Crippen molar-refractivity contribution < 1.29 is 31.5 Å². The van der Waals surface area contributed by atoms with Gasteiger partial charge in [0.25, 0.3) is 0 Å². The van der Waals surface area contributed by atoms with Crippen LogP contribution in [0.4, 0.5) is 13.2 Å². The van der Waals surface area contributed by atoms with Gasteiger partial charge in [0.2, 0.25) is 0 Å². The van der Waals surface area contributed by atoms with Crippen LogP contribution in [-0.4, -0.2) is 30.2 Å². The van der Waals surface area contributed by atoms with Crippen LogP contribution < -0.4 is 5.11 Å². The average Bonchev–Trinajstić information content (AvgIpc) is 2.95. The van der Waals surface area contributed by atoms with Crippen LogP contribution >= 0.6 is 0 Å². The maximum atomic E-state index is 13.3. The smallest absolute Gasteiger partial charge is 0.417 e. The molecular weight excluding hydrogens is 373 g/mol. The minimum atomic E-state index is -5.02. The van der Waals surface area contributed by atoms with Gasteiger partial charge < -0.3 is 9.90 Å². The van der Waals surface area contributed by atoms with Crippen LogP contribution in [0.3, 0.4) is 0 Å². The summed E-state index contributed by atoms with van der Waals surface area (Å²) in [6.45, 7) is 0. The molecule has 3 rings (SSSR count). The summed E-state index contributed by atoms with van der Waals surface area (Å²) in [5.41, 5.74) is -2.29. The lowest BCUT2D eigenvalue weighted by molar-refractivity contribution is -0.255. The Bertz CT molecular complexity index is 1130. The van der Waals surface area contributed by atoms with E-state index in [0.717, 1.165) is 6.26 Å². The summed E-state index contributed by atoms with van der Waals surface area (Å²) in [6, 6.07) is 7.38. The molecule has 0 spiro atoms. The SMILES string of the molecule is CS(=O)(=O)c1cc(C(=O)[O-])c(C(F)(F)F)cc1-n1cnc2ccccc21. The summed E-state index contributed by atoms with van der Waals surface area (Å²) in [4.78, 5) is 14.6. The Morgan fingerprint density at radius 1 is 1.19 bits per heavy atom. The van der Waals surface area contributed by atoms with E-state index in [2.05, 4.69) is 4.98 Å². The fraction of sp³-hybridized carbons (Fsp3) is 0.125. The summed E-state index contributed by atoms with van der Waals surface area (Å²) < 4.78 is 65.3. The number of nitrogens with zero attached hydrogens (tertiary/aromatic N) is 2. The minimum absolute atomic E-state index is 0.349. The lowest BCUT2D eigenvalue weighted by Crippen LogP contribution is -2.27. The van der Waals surface area contributed by atoms with Gasteiger partial charge in [0.1, 0.15) is 6.33 Å². The number of alkyl halides is 3. The lowest BCUT2D eigenvalue weighted by Gasteiger charge is -2.18. The molecule has 0 aliphatic heterocycles. The van der Waals surface area contributed by atoms with Crippen LogP contribution in [0.15, 0.2) is 47.6 Å². The molecule has 26 heavy (non-hydrogen) atoms. The van der Waals surface area contributed by atoms with Crippen molar-refractivity contribution in [2.75, 3.05) is 6.26 Å². The number of carboxylic acids is 1. The standard InChI is InChI=1S/C16H11F3N2O4S/c1-26(24,25)14-6-9(15(22)23)10(16(17,18)19)7-13(14)21-8-20-11-4-2-3-5-12(11)21/h2-8H,1H3,(H,22,23)/p-1. The first kappa shape index (κ1) is 17.9. The first-order valence-electron chi connectivity index (χ1n) is 7.09. The minimum Gasteiger partial charge on any atom is -0.545 e. The number of sulfone groups is 1. The van der Waals surface area contributed by atoms with Gasteiger partial charge in [-0.15, -0.1) is 0 Å². The predicted octanol–water partition coefficient (Wildman–Crippen LogP) is 1.81. The monoisotopic (exact) mass is 383 g/mol. The maximum absolute atomic E-state index is 13.3. The molecule has 0 saturated carbocycles. The first-order chi connectivity index (χ1) is 12.0. The van der Waals surface area contributed by atoms with Crippen molar-refractivity contribution in [3.05, 3.63) is 53.9 Å². The number of benzene rings is 2. The predicted molar refractivity (Wildman–Crippen MR) is 83.5 cm³/mol. The van der Waals surface area contributed by atoms with E-state index in [4.69, 9.17) is 0 Å². The normalized spacial score (nSPS) is 12.5. The number of carbonyl (C=O) groups excluding carboxylic acids is 1. The van der Waals surface area contributed by atoms with Gasteiger partial charge in [-0.1, -0.05) is 12.1 Å². The fourth-order valence-electron chi connectivity index (χ4n) is 2.61. The number of hydrogen-bond donors (Lipinski definition) is 0. The maximum Gasteiger partial charge on any atom is 0.417 e. The van der Waals surface area contributed by atoms with Crippen molar-refractivity contribution in [1.82, 2.24) is 9.55 Å². The summed E-state index contributed by atoms with van der Waals surface area (Å²) in [5.74, 6) is -2.12. The summed E-state index contributed by atoms with van der Waals surface area (Å²) in [7, 11) is -4.05. The van der Waals surface area contributed by atoms with Crippen molar-refractivity contribution in [1.29, 1.82) is 0 Å². The van der Waals surface area contributed by atoms with Crippen molar-refractivity contribution in [2.45, 2.75) is 11.1 Å². The van der Waals surface area contributed by atoms with Gasteiger partial charge in [0, 0.05) is 11.8 Å². The topological polar surface area (TPSA) is 92.1 Å². The molecule has 0 N–H and O–H groups in total. The van der Waals surface area contributed by atoms with Gasteiger partial charge in [-0.2, -0.15) is 13.2 Å². The van der Waals surface area contributed by atoms with Gasteiger partial charge in [-0.05, 0) is 24.3 Å². The molecule has 0 bridgehead atoms. The molecule has 0 atom stereocenters. The molecule has 2 aromatic carbocycles. The number of carboxylic acid groups (broad SMARTS) is 1. The molecule has 0 aliphatic carbocycles. The van der Waals surface area contributed by atoms with E-state index in [-0.39, 0.29) is 5.69 Å². The molecule has 0 saturated heterocycles. The number of para-hydroxylation sites is 2. The number of fused-ring (bicyclic) bond motifs is 1. The average molecular weight is 383 g/mol. The van der Waals surface area contributed by atoms with E-state index in [9.17, 15) is 31.5 Å². The van der Waals surface area contributed by atoms with E-state index in [1.807, 2.05) is 0 Å². The Morgan fingerprint density at radius 2 is 1.85 bits per heavy atom. The van der Waals surface area contributed by atoms with Crippen molar-refractivity contribution in [3.63, 3.8) is 0 Å². The van der Waals surface area contributed by atoms with Gasteiger partial charge in [0.05, 0.1) is 33.1 Å². The fourth-order valence-corrected chi connectivity index (χ4v) is 3.48. The first-order valence-corrected chi connectivity index (χ1v) is 8.98. The molecule has 1 heterocycles. The summed E-state index contributed by atoms with van der Waals surface area (Å²) in [6.07, 6.45) is -3.07. The molecule has 136 valence electrons. The second-order valence-electron chi connectivity index (χ2n) is 5.53. The number of hydrogen-bond acceptors (Lipinski definition) is 5. The van der Waals surface area contributed by atoms with Crippen molar-refractivity contribution in [2.24, 2.45) is 0 Å². The number of imidazole rings is 1. The Kier molecular flexibility index (Phi) is 4.02. The van der Waals surface area contributed by atoms with E-state index in [0.29, 0.717) is 23.2 Å². The largest absolute Gasteiger partial charge is 0.545 e. The Hall–Kier alpha value is -2.88. The molecular formula is C16H10F3N2O4S-. The number of aromatic nitrogens is 2. The summed E-state index contributed by atoms with van der Waals surface area (Å²) in [5, 5.41) is 11.1. The molecule has 3 aromatic rings. The molecule has 0 radical (unpaired) electrons. The Labute approximate surface area is 145 Å². The lowest BCUT2D eigenvalue weighted by atomic mass is 10.1. The molecule has 0 amide bonds. The number of carbonyl (C=O) groups is 1. The van der Waals surface area contributed by atoms with Crippen LogP contribution in [-0.2, 0) is 16.0 Å². The zero-order valence-corrected chi connectivity index (χ0v) is 13.9. The van der Waals surface area contributed by atoms with Crippen LogP contribution in [0, 0.1) is 0 Å². The highest BCUT2D eigenvalue weighted by Crippen LogP contribution is 2.36. The highest BCUT2D eigenvalue weighted by Gasteiger charge is 2.36. The molecule has 10 heteroatoms. The zero-order chi connectivity index (χ0) is 19.3. The highest BCUT2D eigenvalue weighted by molar-refractivity contribution is 7.90. The van der Waals surface area contributed by atoms with E-state index in [1.54, 1.807) is 24.3 Å². The van der Waals surface area contributed by atoms with Crippen LogP contribution in [0.2, 0.25) is 0 Å². The third kappa shape index (κ3) is 3.03. The third-order valence-electron chi connectivity index (χ3n) is 3.74. The molecule has 0 fully saturated rings. The van der Waals surface area contributed by atoms with Crippen LogP contribution in [0.25, 0.3) is 16.7 Å². The molecule has 1 aromatic heterocycles. The summed E-state index contributed by atoms with van der Waals surface area (Å²) >= 11 is 0. The van der Waals surface area contributed by atoms with Gasteiger partial charge in [-0.25, -0.2) is 13.4 Å². The van der Waals surface area contributed by atoms with Crippen molar-refractivity contribution in [3.8, 4) is 5.69 Å². The van der Waals surface area contributed by atoms with E-state index < -0.39 is 38.0 Å². The van der Waals surface area contributed by atoms with E-state index in [1.165, 1.54) is 10.9 Å². The highest BCUT2D eigenvalue weighted by atomic mass is 32.2. The Balaban J connectivity index is 2.46. The van der Waals surface area contributed by atoms with Gasteiger partial charge in [0.15, 0.2) is 9.84 Å². The van der Waals surface area contributed by atoms with Gasteiger partial charge >= 0.3 is 6.18 Å². The third-order valence-corrected chi connectivity index (χ3v) is 4.86. The van der Waals surface area contributed by atoms with Crippen molar-refractivity contribution >= 4 is 26.8 Å². The molecule has 6 nitrogen and oxygen atoms in total. The number of rotatable bonds is 3. The quantitative estimate of drug-likeness (QED) is 0.688. The second-order valence-corrected chi connectivity index (χ2v) is 7.51. The van der Waals surface area contributed by atoms with Crippen LogP contribution in [0.5, 0.6) is 0 Å². The number of aromatic carboxylic acids is 1. The van der Waals surface area contributed by atoms with Gasteiger partial charge in [-0.3, -0.25) is 4.57 Å². The molecule has 0 aliphatic rings.